The number of hydrogen-bond acceptors (Lipinski definition) is 1. The van der Waals surface area contributed by atoms with Gasteiger partial charge in [-0.15, -0.1) is 0 Å². The van der Waals surface area contributed by atoms with Crippen molar-refractivity contribution in [3.05, 3.63) is 29.3 Å². The van der Waals surface area contributed by atoms with Crippen molar-refractivity contribution in [1.29, 1.82) is 0 Å². The van der Waals surface area contributed by atoms with E-state index in [1.807, 2.05) is 18.2 Å². The maximum absolute atomic E-state index is 5.82. The summed E-state index contributed by atoms with van der Waals surface area (Å²) in [7, 11) is 0. The number of hydrogen-bond donors (Lipinski definition) is 1. The Kier molecular flexibility index (Phi) is 3.96. The molecule has 0 atom stereocenters. The second-order valence-electron chi connectivity index (χ2n) is 3.68. The van der Waals surface area contributed by atoms with Crippen LogP contribution >= 0.6 is 11.6 Å². The van der Waals surface area contributed by atoms with E-state index in [-0.39, 0.29) is 0 Å². The molecule has 1 rings (SSSR count). The normalized spacial score (nSPS) is 12.1. The molecule has 1 aromatic rings. The quantitative estimate of drug-likeness (QED) is 0.603. The van der Waals surface area contributed by atoms with Gasteiger partial charge in [0.25, 0.3) is 0 Å². The molecule has 0 radical (unpaired) electrons. The van der Waals surface area contributed by atoms with E-state index in [9.17, 15) is 0 Å². The van der Waals surface area contributed by atoms with Crippen LogP contribution in [0.5, 0.6) is 0 Å². The van der Waals surface area contributed by atoms with Crippen molar-refractivity contribution in [2.75, 3.05) is 0 Å². The number of nitrogens with zero attached hydrogens (tertiary/aromatic N) is 1. The van der Waals surface area contributed by atoms with E-state index in [4.69, 9.17) is 17.3 Å². The van der Waals surface area contributed by atoms with Gasteiger partial charge < -0.3 is 5.73 Å². The summed E-state index contributed by atoms with van der Waals surface area (Å²) in [6.45, 7) is 4.22. The molecule has 0 aliphatic heterocycles. The minimum Gasteiger partial charge on any atom is -0.387 e. The lowest BCUT2D eigenvalue weighted by Crippen LogP contribution is -2.13. The van der Waals surface area contributed by atoms with Crippen molar-refractivity contribution in [2.24, 2.45) is 16.6 Å². The van der Waals surface area contributed by atoms with Crippen molar-refractivity contribution < 1.29 is 0 Å². The largest absolute Gasteiger partial charge is 0.387 e. The maximum Gasteiger partial charge on any atom is 0.0998 e. The summed E-state index contributed by atoms with van der Waals surface area (Å²) >= 11 is 5.82. The third-order valence-electron chi connectivity index (χ3n) is 1.70. The number of amidine groups is 1. The minimum atomic E-state index is 0.526. The number of benzene rings is 1. The van der Waals surface area contributed by atoms with Crippen molar-refractivity contribution in [2.45, 2.75) is 20.3 Å². The lowest BCUT2D eigenvalue weighted by atomic mass is 10.1. The molecule has 0 saturated heterocycles. The average molecular weight is 211 g/mol. The fraction of sp³-hybridized carbons (Fsp3) is 0.364. The summed E-state index contributed by atoms with van der Waals surface area (Å²) in [5.74, 6) is 1.18. The molecule has 14 heavy (non-hydrogen) atoms. The first-order chi connectivity index (χ1) is 6.58. The molecule has 0 saturated carbocycles. The number of halogens is 1. The van der Waals surface area contributed by atoms with Gasteiger partial charge >= 0.3 is 0 Å². The van der Waals surface area contributed by atoms with E-state index in [0.717, 1.165) is 12.1 Å². The summed E-state index contributed by atoms with van der Waals surface area (Å²) in [6, 6.07) is 7.37. The molecule has 0 amide bonds. The molecular weight excluding hydrogens is 196 g/mol. The number of nitrogens with two attached hydrogens (primary N) is 1. The molecule has 0 bridgehead atoms. The Morgan fingerprint density at radius 2 is 2.21 bits per heavy atom. The molecule has 1 aromatic carbocycles. The van der Waals surface area contributed by atoms with E-state index in [1.54, 1.807) is 6.07 Å². The van der Waals surface area contributed by atoms with E-state index in [1.165, 1.54) is 0 Å². The van der Waals surface area contributed by atoms with Crippen molar-refractivity contribution in [3.8, 4) is 0 Å². The van der Waals surface area contributed by atoms with E-state index < -0.39 is 0 Å². The predicted octanol–water partition coefficient (Wildman–Crippen LogP) is 3.37. The van der Waals surface area contributed by atoms with Gasteiger partial charge in [0.1, 0.15) is 0 Å². The number of rotatable bonds is 3. The van der Waals surface area contributed by atoms with Crippen LogP contribution in [0.2, 0.25) is 5.02 Å². The van der Waals surface area contributed by atoms with E-state index in [0.29, 0.717) is 16.8 Å². The zero-order valence-corrected chi connectivity index (χ0v) is 9.25. The van der Waals surface area contributed by atoms with Crippen molar-refractivity contribution in [3.63, 3.8) is 0 Å². The highest BCUT2D eigenvalue weighted by molar-refractivity contribution is 6.30. The molecule has 2 nitrogen and oxygen atoms in total. The van der Waals surface area contributed by atoms with Gasteiger partial charge in [-0.3, -0.25) is 0 Å². The molecule has 0 aromatic heterocycles. The van der Waals surface area contributed by atoms with Gasteiger partial charge in [-0.05, 0) is 24.1 Å². The van der Waals surface area contributed by atoms with Crippen LogP contribution in [0.25, 0.3) is 0 Å². The molecule has 0 aliphatic carbocycles. The van der Waals surface area contributed by atoms with Gasteiger partial charge in [0.15, 0.2) is 0 Å². The minimum absolute atomic E-state index is 0.526. The van der Waals surface area contributed by atoms with Gasteiger partial charge in [0.2, 0.25) is 0 Å². The predicted molar refractivity (Wildman–Crippen MR) is 62.2 cm³/mol. The maximum atomic E-state index is 5.82. The monoisotopic (exact) mass is 210 g/mol. The molecule has 3 heteroatoms. The molecular formula is C11H15ClN2. The standard InChI is InChI=1S/C11H15ClN2/c1-8(2)6-11(13)14-10-5-3-4-9(12)7-10/h3-5,7-8H,6H2,1-2H3,(H2,13,14). The van der Waals surface area contributed by atoms with Crippen LogP contribution < -0.4 is 5.73 Å². The zero-order chi connectivity index (χ0) is 10.6. The average Bonchev–Trinajstić information content (AvgIpc) is 2.01. The second kappa shape index (κ2) is 5.01. The topological polar surface area (TPSA) is 38.4 Å². The SMILES string of the molecule is CC(C)CC(N)=Nc1cccc(Cl)c1. The Morgan fingerprint density at radius 1 is 1.50 bits per heavy atom. The Labute approximate surface area is 89.8 Å². The third-order valence-corrected chi connectivity index (χ3v) is 1.93. The van der Waals surface area contributed by atoms with Crippen LogP contribution in [0.15, 0.2) is 29.3 Å². The van der Waals surface area contributed by atoms with E-state index >= 15 is 0 Å². The molecule has 0 aliphatic rings. The summed E-state index contributed by atoms with van der Waals surface area (Å²) < 4.78 is 0. The van der Waals surface area contributed by atoms with Crippen LogP contribution in [-0.4, -0.2) is 5.84 Å². The number of aliphatic imine (C=N–C) groups is 1. The Hall–Kier alpha value is -1.02. The van der Waals surface area contributed by atoms with Gasteiger partial charge in [-0.2, -0.15) is 0 Å². The summed E-state index contributed by atoms with van der Waals surface area (Å²) in [5.41, 5.74) is 6.58. The molecule has 76 valence electrons. The van der Waals surface area contributed by atoms with E-state index in [2.05, 4.69) is 18.8 Å². The summed E-state index contributed by atoms with van der Waals surface area (Å²) in [5, 5.41) is 0.684. The molecule has 0 fully saturated rings. The first-order valence-corrected chi connectivity index (χ1v) is 5.04. The zero-order valence-electron chi connectivity index (χ0n) is 8.50. The molecule has 0 spiro atoms. The van der Waals surface area contributed by atoms with Crippen LogP contribution in [0.4, 0.5) is 5.69 Å². The van der Waals surface area contributed by atoms with Gasteiger partial charge in [-0.1, -0.05) is 31.5 Å². The van der Waals surface area contributed by atoms with Crippen LogP contribution in [0, 0.1) is 5.92 Å². The van der Waals surface area contributed by atoms with Gasteiger partial charge in [-0.25, -0.2) is 4.99 Å². The fourth-order valence-corrected chi connectivity index (χ4v) is 1.36. The molecule has 2 N–H and O–H groups in total. The van der Waals surface area contributed by atoms with Crippen molar-refractivity contribution in [1.82, 2.24) is 0 Å². The first-order valence-electron chi connectivity index (χ1n) is 4.66. The van der Waals surface area contributed by atoms with Crippen LogP contribution in [-0.2, 0) is 0 Å². The lowest BCUT2D eigenvalue weighted by Gasteiger charge is -2.03. The Balaban J connectivity index is 2.76. The first kappa shape index (κ1) is 11.1. The fourth-order valence-electron chi connectivity index (χ4n) is 1.18. The smallest absolute Gasteiger partial charge is 0.0998 e. The van der Waals surface area contributed by atoms with Crippen molar-refractivity contribution >= 4 is 23.1 Å². The highest BCUT2D eigenvalue weighted by Crippen LogP contribution is 2.18. The highest BCUT2D eigenvalue weighted by Gasteiger charge is 1.98. The van der Waals surface area contributed by atoms with Crippen LogP contribution in [0.1, 0.15) is 20.3 Å². The summed E-state index contributed by atoms with van der Waals surface area (Å²) in [6.07, 6.45) is 0.812. The van der Waals surface area contributed by atoms with Gasteiger partial charge in [0.05, 0.1) is 11.5 Å². The molecule has 0 unspecified atom stereocenters. The highest BCUT2D eigenvalue weighted by atomic mass is 35.5. The van der Waals surface area contributed by atoms with Crippen LogP contribution in [0.3, 0.4) is 0 Å². The summed E-state index contributed by atoms with van der Waals surface area (Å²) in [4.78, 5) is 4.27. The van der Waals surface area contributed by atoms with Gasteiger partial charge in [0, 0.05) is 11.4 Å². The molecule has 0 heterocycles. The Bertz CT molecular complexity index is 332. The Morgan fingerprint density at radius 3 is 2.79 bits per heavy atom. The third kappa shape index (κ3) is 3.79. The second-order valence-corrected chi connectivity index (χ2v) is 4.12. The lowest BCUT2D eigenvalue weighted by molar-refractivity contribution is 0.681.